The first kappa shape index (κ1) is 24.9. The van der Waals surface area contributed by atoms with Crippen LogP contribution < -0.4 is 4.90 Å². The predicted octanol–water partition coefficient (Wildman–Crippen LogP) is 4.01. The van der Waals surface area contributed by atoms with Crippen molar-refractivity contribution < 1.29 is 9.59 Å². The number of nitriles is 1. The second-order valence-corrected chi connectivity index (χ2v) is 9.46. The number of rotatable bonds is 6. The van der Waals surface area contributed by atoms with Crippen LogP contribution in [-0.2, 0) is 6.54 Å². The van der Waals surface area contributed by atoms with Crippen molar-refractivity contribution in [2.75, 3.05) is 31.1 Å². The second-order valence-electron chi connectivity index (χ2n) is 9.46. The van der Waals surface area contributed by atoms with E-state index in [9.17, 15) is 14.9 Å². The van der Waals surface area contributed by atoms with Crippen molar-refractivity contribution in [3.63, 3.8) is 0 Å². The Morgan fingerprint density at radius 2 is 1.61 bits per heavy atom. The third-order valence-corrected chi connectivity index (χ3v) is 6.86. The molecule has 0 atom stereocenters. The van der Waals surface area contributed by atoms with Gasteiger partial charge in [0.15, 0.2) is 17.3 Å². The van der Waals surface area contributed by atoms with Crippen LogP contribution in [0.4, 0.5) is 5.82 Å². The lowest BCUT2D eigenvalue weighted by Gasteiger charge is -2.35. The van der Waals surface area contributed by atoms with Crippen LogP contribution in [-0.4, -0.2) is 57.3 Å². The summed E-state index contributed by atoms with van der Waals surface area (Å²) in [5.41, 5.74) is 4.55. The summed E-state index contributed by atoms with van der Waals surface area (Å²) in [5.74, 6) is 0.193. The molecule has 1 fully saturated rings. The molecule has 5 rings (SSSR count). The molecule has 1 saturated heterocycles. The molecule has 1 amide bonds. The molecule has 2 aromatic heterocycles. The number of anilines is 1. The quantitative estimate of drug-likeness (QED) is 0.368. The largest absolute Gasteiger partial charge is 0.351 e. The van der Waals surface area contributed by atoms with E-state index in [4.69, 9.17) is 0 Å². The SMILES string of the molecule is Cc1ccc(C(=O)c2c(C)cn(Cc3ccccc3)c2C(=O)N2CCN(c3nccnc3C#N)CC2)cc1. The number of ketones is 1. The van der Waals surface area contributed by atoms with E-state index >= 15 is 0 Å². The first-order valence-electron chi connectivity index (χ1n) is 12.6. The van der Waals surface area contributed by atoms with Crippen LogP contribution in [0.25, 0.3) is 0 Å². The molecule has 8 heteroatoms. The van der Waals surface area contributed by atoms with E-state index in [0.717, 1.165) is 16.7 Å². The summed E-state index contributed by atoms with van der Waals surface area (Å²) in [6.07, 6.45) is 4.96. The maximum absolute atomic E-state index is 14.1. The van der Waals surface area contributed by atoms with Crippen molar-refractivity contribution in [2.45, 2.75) is 20.4 Å². The molecule has 8 nitrogen and oxygen atoms in total. The summed E-state index contributed by atoms with van der Waals surface area (Å²) in [7, 11) is 0. The smallest absolute Gasteiger partial charge is 0.271 e. The van der Waals surface area contributed by atoms with E-state index in [2.05, 4.69) is 16.0 Å². The van der Waals surface area contributed by atoms with E-state index in [1.807, 2.05) is 84.1 Å². The molecule has 190 valence electrons. The summed E-state index contributed by atoms with van der Waals surface area (Å²) >= 11 is 0. The van der Waals surface area contributed by atoms with Gasteiger partial charge >= 0.3 is 0 Å². The predicted molar refractivity (Wildman–Crippen MR) is 144 cm³/mol. The number of hydrogen-bond acceptors (Lipinski definition) is 6. The molecular formula is C30H28N6O2. The Labute approximate surface area is 221 Å². The van der Waals surface area contributed by atoms with E-state index in [1.165, 1.54) is 6.20 Å². The summed E-state index contributed by atoms with van der Waals surface area (Å²) < 4.78 is 1.90. The van der Waals surface area contributed by atoms with Gasteiger partial charge in [-0.3, -0.25) is 9.59 Å². The Bertz CT molecular complexity index is 1510. The molecule has 0 aliphatic carbocycles. The minimum absolute atomic E-state index is 0.158. The van der Waals surface area contributed by atoms with Crippen LogP contribution in [0, 0.1) is 25.2 Å². The van der Waals surface area contributed by atoms with Gasteiger partial charge in [0.2, 0.25) is 0 Å². The highest BCUT2D eigenvalue weighted by atomic mass is 16.2. The molecule has 38 heavy (non-hydrogen) atoms. The molecule has 1 aliphatic rings. The lowest BCUT2D eigenvalue weighted by molar-refractivity contribution is 0.0731. The Morgan fingerprint density at radius 1 is 0.921 bits per heavy atom. The van der Waals surface area contributed by atoms with Gasteiger partial charge in [0.1, 0.15) is 11.8 Å². The minimum atomic E-state index is -0.177. The lowest BCUT2D eigenvalue weighted by atomic mass is 9.99. The maximum Gasteiger partial charge on any atom is 0.271 e. The number of hydrogen-bond donors (Lipinski definition) is 0. The molecule has 2 aromatic carbocycles. The first-order chi connectivity index (χ1) is 18.5. The molecule has 0 radical (unpaired) electrons. The van der Waals surface area contributed by atoms with Gasteiger partial charge in [0.25, 0.3) is 5.91 Å². The average molecular weight is 505 g/mol. The van der Waals surface area contributed by atoms with Gasteiger partial charge in [-0.05, 0) is 25.0 Å². The van der Waals surface area contributed by atoms with Crippen LogP contribution in [0.15, 0.2) is 73.2 Å². The second kappa shape index (κ2) is 10.7. The van der Waals surface area contributed by atoms with Gasteiger partial charge in [-0.1, -0.05) is 60.2 Å². The van der Waals surface area contributed by atoms with Crippen molar-refractivity contribution >= 4 is 17.5 Å². The topological polar surface area (TPSA) is 95.1 Å². The van der Waals surface area contributed by atoms with E-state index in [0.29, 0.717) is 55.4 Å². The molecule has 4 aromatic rings. The normalized spacial score (nSPS) is 13.3. The third-order valence-electron chi connectivity index (χ3n) is 6.86. The van der Waals surface area contributed by atoms with Crippen molar-refractivity contribution in [2.24, 2.45) is 0 Å². The fourth-order valence-corrected chi connectivity index (χ4v) is 4.88. The molecule has 0 bridgehead atoms. The molecule has 3 heterocycles. The Morgan fingerprint density at radius 3 is 2.29 bits per heavy atom. The number of carbonyl (C=O) groups excluding carboxylic acids is 2. The zero-order chi connectivity index (χ0) is 26.6. The Kier molecular flexibility index (Phi) is 7.00. The maximum atomic E-state index is 14.1. The summed E-state index contributed by atoms with van der Waals surface area (Å²) in [6.45, 7) is 6.24. The molecular weight excluding hydrogens is 476 g/mol. The Balaban J connectivity index is 1.47. The molecule has 0 N–H and O–H groups in total. The number of piperazine rings is 1. The molecule has 0 spiro atoms. The summed E-state index contributed by atoms with van der Waals surface area (Å²) in [4.78, 5) is 40.0. The fourth-order valence-electron chi connectivity index (χ4n) is 4.88. The van der Waals surface area contributed by atoms with Crippen molar-refractivity contribution in [3.8, 4) is 6.07 Å². The standard InChI is InChI=1S/C30H28N6O2/c1-21-8-10-24(11-9-21)28(37)26-22(2)19-36(20-23-6-4-3-5-7-23)27(26)30(38)35-16-14-34(15-17-35)29-25(18-31)32-12-13-33-29/h3-13,19H,14-17,20H2,1-2H3. The van der Waals surface area contributed by atoms with Gasteiger partial charge in [-0.2, -0.15) is 5.26 Å². The van der Waals surface area contributed by atoms with Crippen molar-refractivity contribution in [1.29, 1.82) is 5.26 Å². The lowest BCUT2D eigenvalue weighted by Crippen LogP contribution is -2.49. The van der Waals surface area contributed by atoms with Crippen LogP contribution in [0.2, 0.25) is 0 Å². The zero-order valence-corrected chi connectivity index (χ0v) is 21.5. The number of benzene rings is 2. The van der Waals surface area contributed by atoms with Gasteiger partial charge < -0.3 is 14.4 Å². The number of nitrogens with zero attached hydrogens (tertiary/aromatic N) is 6. The van der Waals surface area contributed by atoms with Gasteiger partial charge in [0.05, 0.1) is 5.56 Å². The third kappa shape index (κ3) is 4.91. The molecule has 0 unspecified atom stereocenters. The highest BCUT2D eigenvalue weighted by Gasteiger charge is 2.31. The minimum Gasteiger partial charge on any atom is -0.351 e. The van der Waals surface area contributed by atoms with Crippen LogP contribution in [0.5, 0.6) is 0 Å². The van der Waals surface area contributed by atoms with Crippen LogP contribution in [0.3, 0.4) is 0 Å². The number of carbonyl (C=O) groups is 2. The number of amides is 1. The van der Waals surface area contributed by atoms with E-state index in [1.54, 1.807) is 11.1 Å². The average Bonchev–Trinajstić information content (AvgIpc) is 3.28. The van der Waals surface area contributed by atoms with Crippen molar-refractivity contribution in [1.82, 2.24) is 19.4 Å². The number of aryl methyl sites for hydroxylation is 2. The van der Waals surface area contributed by atoms with Crippen LogP contribution >= 0.6 is 0 Å². The van der Waals surface area contributed by atoms with Crippen LogP contribution in [0.1, 0.15) is 48.8 Å². The van der Waals surface area contributed by atoms with E-state index in [-0.39, 0.29) is 17.4 Å². The fraction of sp³-hybridized carbons (Fsp3) is 0.233. The van der Waals surface area contributed by atoms with Gasteiger partial charge in [-0.15, -0.1) is 0 Å². The van der Waals surface area contributed by atoms with E-state index < -0.39 is 0 Å². The number of aromatic nitrogens is 3. The first-order valence-corrected chi connectivity index (χ1v) is 12.6. The zero-order valence-electron chi connectivity index (χ0n) is 21.5. The molecule has 1 aliphatic heterocycles. The van der Waals surface area contributed by atoms with Gasteiger partial charge in [-0.25, -0.2) is 9.97 Å². The van der Waals surface area contributed by atoms with Gasteiger partial charge in [0, 0.05) is 56.9 Å². The summed E-state index contributed by atoms with van der Waals surface area (Å²) in [6, 6.07) is 19.4. The Hall–Kier alpha value is -4.77. The molecule has 0 saturated carbocycles. The van der Waals surface area contributed by atoms with Crippen molar-refractivity contribution in [3.05, 3.63) is 112 Å². The highest BCUT2D eigenvalue weighted by molar-refractivity contribution is 6.15. The highest BCUT2D eigenvalue weighted by Crippen LogP contribution is 2.25. The monoisotopic (exact) mass is 504 g/mol. The summed E-state index contributed by atoms with van der Waals surface area (Å²) in [5, 5.41) is 9.41.